The topological polar surface area (TPSA) is 164 Å². The molecule has 3 aromatic rings. The molecule has 1 aliphatic heterocycles. The lowest BCUT2D eigenvalue weighted by Gasteiger charge is -2.31. The molecule has 0 fully saturated rings. The fraction of sp³-hybridized carbons (Fsp3) is 0.410. The second kappa shape index (κ2) is 19.7. The van der Waals surface area contributed by atoms with Crippen molar-refractivity contribution < 1.29 is 38.2 Å². The maximum absolute atomic E-state index is 13.9. The zero-order chi connectivity index (χ0) is 37.5. The van der Waals surface area contributed by atoms with Crippen LogP contribution in [0.1, 0.15) is 49.0 Å². The molecule has 278 valence electrons. The molecular weight excluding hydrogens is 666 g/mol. The van der Waals surface area contributed by atoms with Crippen molar-refractivity contribution in [1.29, 1.82) is 0 Å². The van der Waals surface area contributed by atoms with Crippen LogP contribution in [0.5, 0.6) is 17.2 Å². The number of nitrogens with zero attached hydrogens (tertiary/aromatic N) is 1. The minimum absolute atomic E-state index is 0.00580. The standard InChI is InChI=1S/C39H49N5O8/c1-26(2)23-33-39(49)43-31(24-27-11-6-5-7-12-27)37(47)40-19-10-21-52-34-14-9-8-13-30(34)36(46)42-32(25-35(45)44(33)3)38(48)41-20-22-51-29-17-15-28(50-4)16-18-29/h5-9,11-18,26,31-33H,10,19-25H2,1-4H3,(H,40,47)(H,41,48)(H,42,46)(H,43,49)/t31-,32-,33-/m0/s1. The van der Waals surface area contributed by atoms with E-state index in [1.165, 1.54) is 11.9 Å². The largest absolute Gasteiger partial charge is 0.497 e. The van der Waals surface area contributed by atoms with Crippen molar-refractivity contribution in [1.82, 2.24) is 26.2 Å². The minimum Gasteiger partial charge on any atom is -0.497 e. The molecule has 13 nitrogen and oxygen atoms in total. The predicted molar refractivity (Wildman–Crippen MR) is 195 cm³/mol. The predicted octanol–water partition coefficient (Wildman–Crippen LogP) is 2.88. The lowest BCUT2D eigenvalue weighted by Crippen LogP contribution is -2.56. The number of likely N-dealkylation sites (N-methyl/N-ethyl adjacent to an activating group) is 1. The van der Waals surface area contributed by atoms with Crippen LogP contribution in [0.3, 0.4) is 0 Å². The number of ether oxygens (including phenoxy) is 3. The number of benzene rings is 3. The van der Waals surface area contributed by atoms with Gasteiger partial charge in [0.2, 0.25) is 23.6 Å². The second-order valence-corrected chi connectivity index (χ2v) is 12.9. The molecule has 0 aliphatic carbocycles. The van der Waals surface area contributed by atoms with Gasteiger partial charge in [0.1, 0.15) is 42.0 Å². The fourth-order valence-corrected chi connectivity index (χ4v) is 5.66. The van der Waals surface area contributed by atoms with E-state index in [-0.39, 0.29) is 55.9 Å². The first-order chi connectivity index (χ1) is 25.0. The number of fused-ring (bicyclic) bond motifs is 1. The third kappa shape index (κ3) is 11.7. The highest BCUT2D eigenvalue weighted by Crippen LogP contribution is 2.20. The molecular formula is C39H49N5O8. The highest BCUT2D eigenvalue weighted by Gasteiger charge is 2.34. The third-order valence-electron chi connectivity index (χ3n) is 8.51. The van der Waals surface area contributed by atoms with Gasteiger partial charge in [-0.3, -0.25) is 24.0 Å². The molecule has 3 aromatic carbocycles. The number of nitrogens with one attached hydrogen (secondary N) is 4. The number of para-hydroxylation sites is 1. The molecule has 1 aliphatic rings. The first-order valence-corrected chi connectivity index (χ1v) is 17.5. The van der Waals surface area contributed by atoms with E-state index >= 15 is 0 Å². The quantitative estimate of drug-likeness (QED) is 0.233. The lowest BCUT2D eigenvalue weighted by atomic mass is 9.99. The van der Waals surface area contributed by atoms with Crippen molar-refractivity contribution in [2.24, 2.45) is 5.92 Å². The number of rotatable bonds is 10. The molecule has 0 bridgehead atoms. The Morgan fingerprint density at radius 2 is 1.62 bits per heavy atom. The Morgan fingerprint density at radius 1 is 0.923 bits per heavy atom. The maximum atomic E-state index is 13.9. The number of carbonyl (C=O) groups is 5. The van der Waals surface area contributed by atoms with Crippen molar-refractivity contribution >= 4 is 29.5 Å². The molecule has 3 atom stereocenters. The molecule has 4 rings (SSSR count). The number of hydrogen-bond acceptors (Lipinski definition) is 8. The van der Waals surface area contributed by atoms with E-state index in [0.717, 1.165) is 5.56 Å². The maximum Gasteiger partial charge on any atom is 0.255 e. The van der Waals surface area contributed by atoms with Crippen LogP contribution < -0.4 is 35.5 Å². The van der Waals surface area contributed by atoms with Crippen LogP contribution in [0.15, 0.2) is 78.9 Å². The van der Waals surface area contributed by atoms with Crippen LogP contribution in [-0.2, 0) is 25.6 Å². The molecule has 1 heterocycles. The highest BCUT2D eigenvalue weighted by molar-refractivity contribution is 6.01. The third-order valence-corrected chi connectivity index (χ3v) is 8.51. The average molecular weight is 716 g/mol. The summed E-state index contributed by atoms with van der Waals surface area (Å²) >= 11 is 0. The molecule has 13 heteroatoms. The Hall–Kier alpha value is -5.59. The summed E-state index contributed by atoms with van der Waals surface area (Å²) in [6, 6.07) is 19.7. The van der Waals surface area contributed by atoms with Crippen molar-refractivity contribution in [3.05, 3.63) is 90.0 Å². The highest BCUT2D eigenvalue weighted by atomic mass is 16.5. The summed E-state index contributed by atoms with van der Waals surface area (Å²) in [4.78, 5) is 69.7. The molecule has 0 radical (unpaired) electrons. The Bertz CT molecular complexity index is 1650. The van der Waals surface area contributed by atoms with Crippen LogP contribution in [0, 0.1) is 5.92 Å². The summed E-state index contributed by atoms with van der Waals surface area (Å²) in [6.45, 7) is 4.50. The van der Waals surface area contributed by atoms with Crippen molar-refractivity contribution in [3.8, 4) is 17.2 Å². The molecule has 0 saturated carbocycles. The SMILES string of the molecule is COc1ccc(OCCNC(=O)[C@@H]2CC(=O)N(C)[C@@H](CC(C)C)C(=O)N[C@@H](Cc3ccccc3)C(=O)NCCCOc3ccccc3C(=O)N2)cc1. The summed E-state index contributed by atoms with van der Waals surface area (Å²) in [7, 11) is 3.05. The van der Waals surface area contributed by atoms with Gasteiger partial charge in [0, 0.05) is 20.0 Å². The zero-order valence-electron chi connectivity index (χ0n) is 30.2. The van der Waals surface area contributed by atoms with E-state index in [1.807, 2.05) is 44.2 Å². The zero-order valence-corrected chi connectivity index (χ0v) is 30.2. The van der Waals surface area contributed by atoms with Crippen molar-refractivity contribution in [2.45, 2.75) is 57.7 Å². The number of carbonyl (C=O) groups excluding carboxylic acids is 5. The monoisotopic (exact) mass is 715 g/mol. The molecule has 0 saturated heterocycles. The van der Waals surface area contributed by atoms with Gasteiger partial charge in [-0.2, -0.15) is 0 Å². The molecule has 0 aromatic heterocycles. The van der Waals surface area contributed by atoms with Crippen LogP contribution in [0.2, 0.25) is 0 Å². The Morgan fingerprint density at radius 3 is 2.33 bits per heavy atom. The van der Waals surface area contributed by atoms with Gasteiger partial charge >= 0.3 is 0 Å². The Balaban J connectivity index is 1.58. The van der Waals surface area contributed by atoms with E-state index < -0.39 is 48.2 Å². The smallest absolute Gasteiger partial charge is 0.255 e. The van der Waals surface area contributed by atoms with E-state index in [2.05, 4.69) is 21.3 Å². The Labute approximate surface area is 304 Å². The van der Waals surface area contributed by atoms with Gasteiger partial charge in [-0.1, -0.05) is 56.3 Å². The minimum atomic E-state index is -1.30. The van der Waals surface area contributed by atoms with Gasteiger partial charge in [0.05, 0.1) is 32.2 Å². The summed E-state index contributed by atoms with van der Waals surface area (Å²) in [5.74, 6) is -1.10. The average Bonchev–Trinajstić information content (AvgIpc) is 3.14. The summed E-state index contributed by atoms with van der Waals surface area (Å²) in [5.41, 5.74) is 1.03. The van der Waals surface area contributed by atoms with Gasteiger partial charge in [0.15, 0.2) is 0 Å². The summed E-state index contributed by atoms with van der Waals surface area (Å²) < 4.78 is 16.8. The molecule has 52 heavy (non-hydrogen) atoms. The van der Waals surface area contributed by atoms with E-state index in [4.69, 9.17) is 14.2 Å². The normalized spacial score (nSPS) is 19.2. The van der Waals surface area contributed by atoms with E-state index in [1.54, 1.807) is 55.6 Å². The van der Waals surface area contributed by atoms with Crippen LogP contribution >= 0.6 is 0 Å². The van der Waals surface area contributed by atoms with Crippen molar-refractivity contribution in [2.75, 3.05) is 40.5 Å². The number of methoxy groups -OCH3 is 1. The second-order valence-electron chi connectivity index (χ2n) is 12.9. The van der Waals surface area contributed by atoms with Crippen LogP contribution in [0.4, 0.5) is 0 Å². The van der Waals surface area contributed by atoms with Gasteiger partial charge < -0.3 is 40.4 Å². The molecule has 5 amide bonds. The fourth-order valence-electron chi connectivity index (χ4n) is 5.66. The summed E-state index contributed by atoms with van der Waals surface area (Å²) in [6.07, 6.45) is 0.520. The molecule has 0 spiro atoms. The first kappa shape index (κ1) is 39.2. The van der Waals surface area contributed by atoms with Gasteiger partial charge in [0.25, 0.3) is 5.91 Å². The first-order valence-electron chi connectivity index (χ1n) is 17.5. The van der Waals surface area contributed by atoms with Crippen LogP contribution in [0.25, 0.3) is 0 Å². The van der Waals surface area contributed by atoms with Gasteiger partial charge in [-0.25, -0.2) is 0 Å². The van der Waals surface area contributed by atoms with E-state index in [9.17, 15) is 24.0 Å². The Kier molecular flexibility index (Phi) is 14.9. The summed E-state index contributed by atoms with van der Waals surface area (Å²) in [5, 5.41) is 11.2. The van der Waals surface area contributed by atoms with E-state index in [0.29, 0.717) is 24.3 Å². The van der Waals surface area contributed by atoms with Crippen molar-refractivity contribution in [3.63, 3.8) is 0 Å². The van der Waals surface area contributed by atoms with Crippen LogP contribution in [-0.4, -0.2) is 93.0 Å². The lowest BCUT2D eigenvalue weighted by molar-refractivity contribution is -0.141. The number of amides is 5. The van der Waals surface area contributed by atoms with Gasteiger partial charge in [-0.05, 0) is 60.7 Å². The molecule has 4 N–H and O–H groups in total. The van der Waals surface area contributed by atoms with Gasteiger partial charge in [-0.15, -0.1) is 0 Å². The molecule has 0 unspecified atom stereocenters. The number of hydrogen-bond donors (Lipinski definition) is 4.